The Balaban J connectivity index is 1.61. The summed E-state index contributed by atoms with van der Waals surface area (Å²) in [5.74, 6) is 0.999. The molecule has 1 saturated heterocycles. The van der Waals surface area contributed by atoms with Crippen LogP contribution in [0.25, 0.3) is 32.5 Å². The van der Waals surface area contributed by atoms with Gasteiger partial charge in [-0.1, -0.05) is 12.1 Å². The van der Waals surface area contributed by atoms with Crippen molar-refractivity contribution >= 4 is 27.9 Å². The summed E-state index contributed by atoms with van der Waals surface area (Å²) in [5.41, 5.74) is 11.5. The van der Waals surface area contributed by atoms with Crippen LogP contribution in [-0.4, -0.2) is 28.2 Å². The highest BCUT2D eigenvalue weighted by molar-refractivity contribution is 7.15. The van der Waals surface area contributed by atoms with Gasteiger partial charge in [-0.15, -0.1) is 11.3 Å². The fourth-order valence-electron chi connectivity index (χ4n) is 4.13. The second-order valence-corrected chi connectivity index (χ2v) is 8.76. The first kappa shape index (κ1) is 19.2. The van der Waals surface area contributed by atoms with E-state index in [9.17, 15) is 0 Å². The summed E-state index contributed by atoms with van der Waals surface area (Å²) in [6.45, 7) is 7.91. The van der Waals surface area contributed by atoms with Crippen molar-refractivity contribution in [1.82, 2.24) is 15.0 Å². The summed E-state index contributed by atoms with van der Waals surface area (Å²) in [4.78, 5) is 14.8. The predicted molar refractivity (Wildman–Crippen MR) is 122 cm³/mol. The summed E-state index contributed by atoms with van der Waals surface area (Å²) in [6.07, 6.45) is 7.58. The minimum atomic E-state index is 0.477. The molecule has 1 aliphatic rings. The van der Waals surface area contributed by atoms with E-state index in [2.05, 4.69) is 42.0 Å². The lowest BCUT2D eigenvalue weighted by molar-refractivity contribution is 0.0859. The molecular formula is C24H23N4OS. The Bertz CT molecular complexity index is 1230. The Hall–Kier alpha value is -2.83. The Morgan fingerprint density at radius 1 is 1.10 bits per heavy atom. The molecular weight excluding hydrogens is 392 g/mol. The minimum absolute atomic E-state index is 0.477. The maximum atomic E-state index is 6.27. The van der Waals surface area contributed by atoms with E-state index in [-0.39, 0.29) is 0 Å². The Labute approximate surface area is 180 Å². The number of aryl methyl sites for hydroxylation is 1. The van der Waals surface area contributed by atoms with E-state index in [1.54, 1.807) is 11.3 Å². The number of hydrogen-bond acceptors (Lipinski definition) is 6. The lowest BCUT2D eigenvalue weighted by Gasteiger charge is -2.21. The van der Waals surface area contributed by atoms with Crippen LogP contribution in [0, 0.1) is 13.8 Å². The van der Waals surface area contributed by atoms with Crippen molar-refractivity contribution in [1.29, 1.82) is 0 Å². The molecule has 0 unspecified atom stereocenters. The van der Waals surface area contributed by atoms with Gasteiger partial charge in [0, 0.05) is 53.2 Å². The minimum Gasteiger partial charge on any atom is -0.383 e. The monoisotopic (exact) mass is 415 g/mol. The zero-order valence-corrected chi connectivity index (χ0v) is 17.7. The van der Waals surface area contributed by atoms with Crippen LogP contribution in [0.4, 0.5) is 5.82 Å². The third kappa shape index (κ3) is 3.36. The van der Waals surface area contributed by atoms with Gasteiger partial charge in [0.2, 0.25) is 0 Å². The van der Waals surface area contributed by atoms with E-state index in [0.29, 0.717) is 11.7 Å². The van der Waals surface area contributed by atoms with Gasteiger partial charge in [-0.2, -0.15) is 0 Å². The molecule has 5 rings (SSSR count). The molecule has 0 bridgehead atoms. The smallest absolute Gasteiger partial charge is 0.131 e. The molecule has 30 heavy (non-hydrogen) atoms. The van der Waals surface area contributed by atoms with E-state index >= 15 is 0 Å². The lowest BCUT2D eigenvalue weighted by atomic mass is 9.97. The third-order valence-electron chi connectivity index (χ3n) is 5.82. The van der Waals surface area contributed by atoms with Crippen LogP contribution in [0.2, 0.25) is 0 Å². The first-order valence-corrected chi connectivity index (χ1v) is 10.9. The van der Waals surface area contributed by atoms with E-state index < -0.39 is 0 Å². The zero-order valence-electron chi connectivity index (χ0n) is 16.9. The molecule has 1 radical (unpaired) electrons. The molecule has 0 saturated carbocycles. The number of benzene rings is 1. The first-order chi connectivity index (χ1) is 14.6. The summed E-state index contributed by atoms with van der Waals surface area (Å²) in [7, 11) is 0. The van der Waals surface area contributed by atoms with Crippen LogP contribution >= 0.6 is 11.3 Å². The number of hydrogen-bond donors (Lipinski definition) is 1. The zero-order chi connectivity index (χ0) is 20.7. The maximum Gasteiger partial charge on any atom is 0.131 e. The van der Waals surface area contributed by atoms with E-state index in [0.717, 1.165) is 64.2 Å². The van der Waals surface area contributed by atoms with Gasteiger partial charge < -0.3 is 10.5 Å². The van der Waals surface area contributed by atoms with E-state index in [1.807, 2.05) is 24.7 Å². The SMILES string of the molecule is [CH2]c1nc(-c2cnc(N)c3cc(-c4cnccc4C)ccc23)sc1C1CCOCC1. The molecule has 151 valence electrons. The second kappa shape index (κ2) is 7.78. The van der Waals surface area contributed by atoms with Crippen LogP contribution < -0.4 is 5.73 Å². The number of ether oxygens (including phenoxy) is 1. The highest BCUT2D eigenvalue weighted by atomic mass is 32.1. The van der Waals surface area contributed by atoms with Crippen LogP contribution in [0.1, 0.15) is 34.9 Å². The van der Waals surface area contributed by atoms with Gasteiger partial charge in [-0.25, -0.2) is 9.97 Å². The standard InChI is InChI=1S/C24H23N4OS/c1-14-5-8-26-12-20(14)17-3-4-18-19(11-17)23(25)27-13-21(18)24-28-15(2)22(30-24)16-6-9-29-10-7-16/h3-5,8,11-13,16H,2,6-7,9-10H2,1H3,(H2,25,27). The van der Waals surface area contributed by atoms with Crippen LogP contribution in [0.5, 0.6) is 0 Å². The third-order valence-corrected chi connectivity index (χ3v) is 7.11. The van der Waals surface area contributed by atoms with Crippen molar-refractivity contribution in [3.63, 3.8) is 0 Å². The molecule has 2 N–H and O–H groups in total. The number of pyridine rings is 2. The molecule has 0 aliphatic carbocycles. The summed E-state index contributed by atoms with van der Waals surface area (Å²) in [5, 5.41) is 2.94. The summed E-state index contributed by atoms with van der Waals surface area (Å²) >= 11 is 1.72. The maximum absolute atomic E-state index is 6.27. The Morgan fingerprint density at radius 2 is 1.93 bits per heavy atom. The van der Waals surface area contributed by atoms with Gasteiger partial charge in [0.25, 0.3) is 0 Å². The molecule has 1 aliphatic heterocycles. The van der Waals surface area contributed by atoms with Crippen molar-refractivity contribution in [3.8, 4) is 21.7 Å². The first-order valence-electron chi connectivity index (χ1n) is 10.1. The van der Waals surface area contributed by atoms with Gasteiger partial charge in [0.1, 0.15) is 10.8 Å². The predicted octanol–water partition coefficient (Wildman–Crippen LogP) is 5.39. The van der Waals surface area contributed by atoms with Crippen LogP contribution in [0.15, 0.2) is 42.9 Å². The van der Waals surface area contributed by atoms with Crippen molar-refractivity contribution in [3.05, 3.63) is 65.9 Å². The topological polar surface area (TPSA) is 73.9 Å². The van der Waals surface area contributed by atoms with E-state index in [1.165, 1.54) is 10.4 Å². The van der Waals surface area contributed by atoms with E-state index in [4.69, 9.17) is 15.5 Å². The fraction of sp³-hybridized carbons (Fsp3) is 0.250. The van der Waals surface area contributed by atoms with Crippen molar-refractivity contribution in [2.24, 2.45) is 0 Å². The van der Waals surface area contributed by atoms with Crippen LogP contribution in [-0.2, 0) is 4.74 Å². The fourth-order valence-corrected chi connectivity index (χ4v) is 5.33. The van der Waals surface area contributed by atoms with Crippen molar-refractivity contribution in [2.45, 2.75) is 25.7 Å². The number of nitrogens with zero attached hydrogens (tertiary/aromatic N) is 3. The molecule has 4 aromatic rings. The number of thiazole rings is 1. The van der Waals surface area contributed by atoms with Crippen molar-refractivity contribution in [2.75, 3.05) is 18.9 Å². The number of aromatic nitrogens is 3. The summed E-state index contributed by atoms with van der Waals surface area (Å²) in [6, 6.07) is 8.35. The number of fused-ring (bicyclic) bond motifs is 1. The summed E-state index contributed by atoms with van der Waals surface area (Å²) < 4.78 is 5.51. The molecule has 4 heterocycles. The quantitative estimate of drug-likeness (QED) is 0.486. The van der Waals surface area contributed by atoms with Gasteiger partial charge in [-0.05, 0) is 61.3 Å². The highest BCUT2D eigenvalue weighted by Crippen LogP contribution is 2.40. The molecule has 0 spiro atoms. The number of nitrogen functional groups attached to an aromatic ring is 1. The lowest BCUT2D eigenvalue weighted by Crippen LogP contribution is -2.13. The highest BCUT2D eigenvalue weighted by Gasteiger charge is 2.22. The molecule has 0 amide bonds. The van der Waals surface area contributed by atoms with Gasteiger partial charge in [0.05, 0.1) is 5.69 Å². The average molecular weight is 416 g/mol. The normalized spacial score (nSPS) is 15.0. The Morgan fingerprint density at radius 3 is 2.73 bits per heavy atom. The number of nitrogens with two attached hydrogens (primary N) is 1. The van der Waals surface area contributed by atoms with Gasteiger partial charge in [-0.3, -0.25) is 4.98 Å². The average Bonchev–Trinajstić information content (AvgIpc) is 3.16. The molecule has 1 fully saturated rings. The second-order valence-electron chi connectivity index (χ2n) is 7.72. The number of anilines is 1. The molecule has 3 aromatic heterocycles. The molecule has 1 aromatic carbocycles. The van der Waals surface area contributed by atoms with Gasteiger partial charge in [0.15, 0.2) is 0 Å². The Kier molecular flexibility index (Phi) is 4.97. The largest absolute Gasteiger partial charge is 0.383 e. The molecule has 0 atom stereocenters. The van der Waals surface area contributed by atoms with Crippen molar-refractivity contribution < 1.29 is 4.74 Å². The molecule has 5 nitrogen and oxygen atoms in total. The van der Waals surface area contributed by atoms with Gasteiger partial charge >= 0.3 is 0 Å². The molecule has 6 heteroatoms. The number of rotatable bonds is 3. The van der Waals surface area contributed by atoms with Crippen LogP contribution in [0.3, 0.4) is 0 Å².